The molecule has 0 atom stereocenters. The van der Waals surface area contributed by atoms with E-state index < -0.39 is 0 Å². The van der Waals surface area contributed by atoms with Gasteiger partial charge in [-0.3, -0.25) is 4.79 Å². The van der Waals surface area contributed by atoms with Crippen LogP contribution in [-0.2, 0) is 17.1 Å². The van der Waals surface area contributed by atoms with Gasteiger partial charge in [0.05, 0.1) is 12.3 Å². The van der Waals surface area contributed by atoms with Crippen LogP contribution in [-0.4, -0.2) is 78.6 Å². The van der Waals surface area contributed by atoms with Crippen molar-refractivity contribution in [3.8, 4) is 0 Å². The van der Waals surface area contributed by atoms with E-state index in [-0.39, 0.29) is 5.91 Å². The fourth-order valence-corrected chi connectivity index (χ4v) is 5.02. The average molecular weight is 456 g/mol. The SMILES string of the molecule is CCN1CCN(c2cc(COC)nc(SCc3ccc(C(=O)N4CCCC4)cc3)n2)CC1. The van der Waals surface area contributed by atoms with Gasteiger partial charge in [0.1, 0.15) is 5.82 Å². The van der Waals surface area contributed by atoms with Crippen LogP contribution in [0, 0.1) is 0 Å². The van der Waals surface area contributed by atoms with Crippen molar-refractivity contribution in [3.05, 3.63) is 47.2 Å². The molecule has 8 heteroatoms. The Balaban J connectivity index is 1.40. The summed E-state index contributed by atoms with van der Waals surface area (Å²) >= 11 is 1.63. The number of thioether (sulfide) groups is 1. The van der Waals surface area contributed by atoms with Gasteiger partial charge in [-0.2, -0.15) is 0 Å². The number of rotatable bonds is 8. The Labute approximate surface area is 195 Å². The highest BCUT2D eigenvalue weighted by Gasteiger charge is 2.20. The van der Waals surface area contributed by atoms with Crippen molar-refractivity contribution in [2.24, 2.45) is 0 Å². The number of benzene rings is 1. The van der Waals surface area contributed by atoms with Crippen molar-refractivity contribution in [2.45, 2.75) is 37.3 Å². The highest BCUT2D eigenvalue weighted by Crippen LogP contribution is 2.24. The lowest BCUT2D eigenvalue weighted by molar-refractivity contribution is 0.0793. The smallest absolute Gasteiger partial charge is 0.253 e. The molecule has 2 aromatic rings. The van der Waals surface area contributed by atoms with Crippen LogP contribution < -0.4 is 4.90 Å². The molecule has 0 bridgehead atoms. The highest BCUT2D eigenvalue weighted by molar-refractivity contribution is 7.98. The third-order valence-corrected chi connectivity index (χ3v) is 7.06. The van der Waals surface area contributed by atoms with Gasteiger partial charge in [0.2, 0.25) is 0 Å². The minimum Gasteiger partial charge on any atom is -0.378 e. The standard InChI is InChI=1S/C24H33N5O2S/c1-3-27-12-14-28(15-13-27)22-16-21(17-31-2)25-24(26-22)32-18-19-6-8-20(9-7-19)23(30)29-10-4-5-11-29/h6-9,16H,3-5,10-15,17-18H2,1-2H3. The Hall–Kier alpha value is -2.16. The molecule has 2 aliphatic rings. The van der Waals surface area contributed by atoms with Crippen LogP contribution in [0.25, 0.3) is 0 Å². The molecule has 3 heterocycles. The van der Waals surface area contributed by atoms with Crippen molar-refractivity contribution < 1.29 is 9.53 Å². The monoisotopic (exact) mass is 455 g/mol. The maximum atomic E-state index is 12.5. The maximum Gasteiger partial charge on any atom is 0.253 e. The van der Waals surface area contributed by atoms with Crippen molar-refractivity contribution in [1.82, 2.24) is 19.8 Å². The van der Waals surface area contributed by atoms with Crippen molar-refractivity contribution in [2.75, 3.05) is 57.8 Å². The van der Waals surface area contributed by atoms with Crippen LogP contribution in [0.2, 0.25) is 0 Å². The number of anilines is 1. The second-order valence-corrected chi connectivity index (χ2v) is 9.28. The largest absolute Gasteiger partial charge is 0.378 e. The average Bonchev–Trinajstić information content (AvgIpc) is 3.38. The topological polar surface area (TPSA) is 61.8 Å². The van der Waals surface area contributed by atoms with Crippen molar-refractivity contribution >= 4 is 23.5 Å². The maximum absolute atomic E-state index is 12.5. The minimum atomic E-state index is 0.144. The molecule has 32 heavy (non-hydrogen) atoms. The molecule has 172 valence electrons. The minimum absolute atomic E-state index is 0.144. The third kappa shape index (κ3) is 5.79. The summed E-state index contributed by atoms with van der Waals surface area (Å²) in [7, 11) is 1.69. The van der Waals surface area contributed by atoms with E-state index in [2.05, 4.69) is 16.7 Å². The van der Waals surface area contributed by atoms with E-state index in [0.717, 1.165) is 92.2 Å². The zero-order valence-electron chi connectivity index (χ0n) is 19.1. The molecule has 1 aromatic heterocycles. The van der Waals surface area contributed by atoms with Crippen molar-refractivity contribution in [1.29, 1.82) is 0 Å². The first-order valence-electron chi connectivity index (χ1n) is 11.5. The highest BCUT2D eigenvalue weighted by atomic mass is 32.2. The molecule has 7 nitrogen and oxygen atoms in total. The molecule has 1 aromatic carbocycles. The zero-order valence-corrected chi connectivity index (χ0v) is 19.9. The predicted octanol–water partition coefficient (Wildman–Crippen LogP) is 3.29. The van der Waals surface area contributed by atoms with Crippen LogP contribution in [0.15, 0.2) is 35.5 Å². The molecular formula is C24H33N5O2S. The second kappa shape index (κ2) is 11.1. The number of ether oxygens (including phenoxy) is 1. The molecule has 4 rings (SSSR count). The number of nitrogens with zero attached hydrogens (tertiary/aromatic N) is 5. The number of hydrogen-bond donors (Lipinski definition) is 0. The lowest BCUT2D eigenvalue weighted by Gasteiger charge is -2.34. The summed E-state index contributed by atoms with van der Waals surface area (Å²) in [5.41, 5.74) is 2.84. The summed E-state index contributed by atoms with van der Waals surface area (Å²) < 4.78 is 5.34. The Kier molecular flexibility index (Phi) is 8.00. The number of hydrogen-bond acceptors (Lipinski definition) is 7. The van der Waals surface area contributed by atoms with Crippen LogP contribution >= 0.6 is 11.8 Å². The Morgan fingerprint density at radius 3 is 2.41 bits per heavy atom. The molecule has 0 saturated carbocycles. The first-order valence-corrected chi connectivity index (χ1v) is 12.5. The van der Waals surface area contributed by atoms with Gasteiger partial charge in [0.15, 0.2) is 5.16 Å². The molecule has 2 fully saturated rings. The summed E-state index contributed by atoms with van der Waals surface area (Å²) in [5.74, 6) is 1.89. The molecule has 1 amide bonds. The van der Waals surface area contributed by atoms with Crippen LogP contribution in [0.4, 0.5) is 5.82 Å². The number of piperazine rings is 1. The van der Waals surface area contributed by atoms with E-state index in [0.29, 0.717) is 6.61 Å². The summed E-state index contributed by atoms with van der Waals surface area (Å²) in [6, 6.07) is 10.0. The first-order chi connectivity index (χ1) is 15.7. The number of aromatic nitrogens is 2. The number of methoxy groups -OCH3 is 1. The van der Waals surface area contributed by atoms with Gasteiger partial charge in [-0.05, 0) is 37.1 Å². The Morgan fingerprint density at radius 2 is 1.75 bits per heavy atom. The van der Waals surface area contributed by atoms with Gasteiger partial charge < -0.3 is 19.4 Å². The first kappa shape index (κ1) is 23.0. The van der Waals surface area contributed by atoms with E-state index in [1.807, 2.05) is 35.2 Å². The second-order valence-electron chi connectivity index (χ2n) is 8.34. The summed E-state index contributed by atoms with van der Waals surface area (Å²) in [6.45, 7) is 9.61. The van der Waals surface area contributed by atoms with Crippen LogP contribution in [0.3, 0.4) is 0 Å². The van der Waals surface area contributed by atoms with Gasteiger partial charge >= 0.3 is 0 Å². The Bertz CT molecular complexity index is 894. The molecule has 2 aliphatic heterocycles. The molecule has 0 aliphatic carbocycles. The third-order valence-electron chi connectivity index (χ3n) is 6.14. The van der Waals surface area contributed by atoms with Gasteiger partial charge in [-0.25, -0.2) is 9.97 Å². The molecule has 0 radical (unpaired) electrons. The zero-order chi connectivity index (χ0) is 22.3. The molecule has 0 N–H and O–H groups in total. The normalized spacial score (nSPS) is 17.2. The van der Waals surface area contributed by atoms with Crippen LogP contribution in [0.1, 0.15) is 41.4 Å². The van der Waals surface area contributed by atoms with E-state index in [9.17, 15) is 4.79 Å². The van der Waals surface area contributed by atoms with Crippen molar-refractivity contribution in [3.63, 3.8) is 0 Å². The fourth-order valence-electron chi connectivity index (χ4n) is 4.20. The number of likely N-dealkylation sites (N-methyl/N-ethyl adjacent to an activating group) is 1. The quantitative estimate of drug-likeness (QED) is 0.447. The molecule has 2 saturated heterocycles. The lowest BCUT2D eigenvalue weighted by Crippen LogP contribution is -2.46. The summed E-state index contributed by atoms with van der Waals surface area (Å²) in [4.78, 5) is 28.8. The van der Waals surface area contributed by atoms with Gasteiger partial charge in [-0.1, -0.05) is 30.8 Å². The fraction of sp³-hybridized carbons (Fsp3) is 0.542. The molecular weight excluding hydrogens is 422 g/mol. The predicted molar refractivity (Wildman–Crippen MR) is 128 cm³/mol. The number of likely N-dealkylation sites (tertiary alicyclic amines) is 1. The molecule has 0 spiro atoms. The van der Waals surface area contributed by atoms with Gasteiger partial charge in [0, 0.05) is 63.8 Å². The Morgan fingerprint density at radius 1 is 1.03 bits per heavy atom. The summed E-state index contributed by atoms with van der Waals surface area (Å²) in [5, 5.41) is 0.768. The van der Waals surface area contributed by atoms with E-state index >= 15 is 0 Å². The number of carbonyl (C=O) groups is 1. The van der Waals surface area contributed by atoms with E-state index in [1.54, 1.807) is 18.9 Å². The number of amides is 1. The summed E-state index contributed by atoms with van der Waals surface area (Å²) in [6.07, 6.45) is 2.22. The number of carbonyl (C=O) groups excluding carboxylic acids is 1. The van der Waals surface area contributed by atoms with Gasteiger partial charge in [-0.15, -0.1) is 0 Å². The lowest BCUT2D eigenvalue weighted by atomic mass is 10.1. The molecule has 0 unspecified atom stereocenters. The van der Waals surface area contributed by atoms with E-state index in [1.165, 1.54) is 0 Å². The van der Waals surface area contributed by atoms with Gasteiger partial charge in [0.25, 0.3) is 5.91 Å². The van der Waals surface area contributed by atoms with Crippen LogP contribution in [0.5, 0.6) is 0 Å². The van der Waals surface area contributed by atoms with E-state index in [4.69, 9.17) is 14.7 Å².